The predicted octanol–water partition coefficient (Wildman–Crippen LogP) is 2.52. The van der Waals surface area contributed by atoms with Gasteiger partial charge < -0.3 is 10.6 Å². The minimum Gasteiger partial charge on any atom is -0.356 e. The molecule has 0 saturated carbocycles. The molecule has 0 aromatic carbocycles. The van der Waals surface area contributed by atoms with Crippen LogP contribution in [0.4, 0.5) is 0 Å². The summed E-state index contributed by atoms with van der Waals surface area (Å²) in [4.78, 5) is 6.88. The van der Waals surface area contributed by atoms with E-state index in [9.17, 15) is 0 Å². The van der Waals surface area contributed by atoms with E-state index in [1.807, 2.05) is 11.3 Å². The molecule has 0 bridgehead atoms. The molecule has 1 heterocycles. The van der Waals surface area contributed by atoms with E-state index in [1.54, 1.807) is 7.05 Å². The van der Waals surface area contributed by atoms with Gasteiger partial charge in [0.05, 0.1) is 6.54 Å². The zero-order valence-corrected chi connectivity index (χ0v) is 11.2. The first kappa shape index (κ1) is 13.0. The lowest BCUT2D eigenvalue weighted by Crippen LogP contribution is -2.37. The zero-order chi connectivity index (χ0) is 11.8. The molecule has 2 N–H and O–H groups in total. The van der Waals surface area contributed by atoms with Gasteiger partial charge in [-0.2, -0.15) is 0 Å². The van der Waals surface area contributed by atoms with E-state index in [1.165, 1.54) is 22.6 Å². The molecule has 0 saturated heterocycles. The molecule has 3 nitrogen and oxygen atoms in total. The number of nitrogens with one attached hydrogen (secondary N) is 2. The average molecular weight is 239 g/mol. The van der Waals surface area contributed by atoms with Crippen LogP contribution in [0.2, 0.25) is 0 Å². The highest BCUT2D eigenvalue weighted by molar-refractivity contribution is 7.11. The average Bonchev–Trinajstić information content (AvgIpc) is 2.69. The Morgan fingerprint density at radius 2 is 2.19 bits per heavy atom. The van der Waals surface area contributed by atoms with Crippen LogP contribution in [-0.2, 0) is 6.54 Å². The Hall–Kier alpha value is -1.03. The Morgan fingerprint density at radius 1 is 1.38 bits per heavy atom. The summed E-state index contributed by atoms with van der Waals surface area (Å²) in [6.07, 6.45) is 2.38. The van der Waals surface area contributed by atoms with Crippen molar-refractivity contribution in [2.24, 2.45) is 4.99 Å². The topological polar surface area (TPSA) is 36.4 Å². The highest BCUT2D eigenvalue weighted by Crippen LogP contribution is 2.14. The van der Waals surface area contributed by atoms with E-state index in [0.29, 0.717) is 0 Å². The number of rotatable bonds is 5. The number of aryl methyl sites for hydroxylation is 1. The summed E-state index contributed by atoms with van der Waals surface area (Å²) in [5.74, 6) is 0.888. The Labute approximate surface area is 102 Å². The van der Waals surface area contributed by atoms with Gasteiger partial charge in [-0.15, -0.1) is 11.3 Å². The molecule has 90 valence electrons. The second kappa shape index (κ2) is 7.28. The summed E-state index contributed by atoms with van der Waals surface area (Å²) >= 11 is 1.82. The fourth-order valence-corrected chi connectivity index (χ4v) is 2.19. The Kier molecular flexibility index (Phi) is 5.93. The van der Waals surface area contributed by atoms with Gasteiger partial charge in [0.15, 0.2) is 5.96 Å². The van der Waals surface area contributed by atoms with E-state index in [0.717, 1.165) is 19.0 Å². The number of nitrogens with zero attached hydrogens (tertiary/aromatic N) is 1. The molecule has 0 radical (unpaired) electrons. The molecule has 0 amide bonds. The third kappa shape index (κ3) is 4.66. The van der Waals surface area contributed by atoms with Crippen LogP contribution in [0.1, 0.15) is 29.5 Å². The van der Waals surface area contributed by atoms with Gasteiger partial charge in [0, 0.05) is 23.3 Å². The number of thiophene rings is 1. The quantitative estimate of drug-likeness (QED) is 0.470. The molecule has 0 atom stereocenters. The fourth-order valence-electron chi connectivity index (χ4n) is 1.36. The second-order valence-corrected chi connectivity index (χ2v) is 5.09. The van der Waals surface area contributed by atoms with Crippen LogP contribution in [0.3, 0.4) is 0 Å². The van der Waals surface area contributed by atoms with Crippen LogP contribution in [0.5, 0.6) is 0 Å². The summed E-state index contributed by atoms with van der Waals surface area (Å²) in [6, 6.07) is 4.31. The van der Waals surface area contributed by atoms with E-state index in [2.05, 4.69) is 41.6 Å². The van der Waals surface area contributed by atoms with Crippen molar-refractivity contribution in [1.82, 2.24) is 10.6 Å². The molecule has 0 fully saturated rings. The van der Waals surface area contributed by atoms with E-state index >= 15 is 0 Å². The van der Waals surface area contributed by atoms with Crippen molar-refractivity contribution in [2.75, 3.05) is 13.6 Å². The van der Waals surface area contributed by atoms with E-state index in [-0.39, 0.29) is 0 Å². The maximum atomic E-state index is 4.18. The fraction of sp³-hybridized carbons (Fsp3) is 0.583. The minimum absolute atomic E-state index is 0.851. The summed E-state index contributed by atoms with van der Waals surface area (Å²) in [5.41, 5.74) is 0. The normalized spacial score (nSPS) is 11.6. The van der Waals surface area contributed by atoms with E-state index in [4.69, 9.17) is 0 Å². The first-order valence-electron chi connectivity index (χ1n) is 5.76. The van der Waals surface area contributed by atoms with Crippen LogP contribution in [0.15, 0.2) is 17.1 Å². The summed E-state index contributed by atoms with van der Waals surface area (Å²) < 4.78 is 0. The predicted molar refractivity (Wildman–Crippen MR) is 72.2 cm³/mol. The van der Waals surface area contributed by atoms with Crippen molar-refractivity contribution in [2.45, 2.75) is 33.2 Å². The standard InChI is InChI=1S/C12H21N3S/c1-4-5-8-14-12(13-3)15-9-11-7-6-10(2)16-11/h6-7H,4-5,8-9H2,1-3H3,(H2,13,14,15). The molecule has 0 aliphatic heterocycles. The molecule has 1 aromatic heterocycles. The number of hydrogen-bond acceptors (Lipinski definition) is 2. The van der Waals surface area contributed by atoms with Crippen LogP contribution >= 0.6 is 11.3 Å². The van der Waals surface area contributed by atoms with Crippen LogP contribution < -0.4 is 10.6 Å². The van der Waals surface area contributed by atoms with Crippen molar-refractivity contribution in [3.8, 4) is 0 Å². The number of aliphatic imine (C=N–C) groups is 1. The Balaban J connectivity index is 2.29. The van der Waals surface area contributed by atoms with E-state index < -0.39 is 0 Å². The number of unbranched alkanes of at least 4 members (excludes halogenated alkanes) is 1. The van der Waals surface area contributed by atoms with Crippen molar-refractivity contribution in [1.29, 1.82) is 0 Å². The lowest BCUT2D eigenvalue weighted by atomic mass is 10.3. The molecule has 1 rings (SSSR count). The molecule has 0 aliphatic carbocycles. The zero-order valence-electron chi connectivity index (χ0n) is 10.3. The van der Waals surface area contributed by atoms with Crippen LogP contribution in [0, 0.1) is 6.92 Å². The van der Waals surface area contributed by atoms with Gasteiger partial charge in [0.1, 0.15) is 0 Å². The van der Waals surface area contributed by atoms with Crippen molar-refractivity contribution < 1.29 is 0 Å². The highest BCUT2D eigenvalue weighted by atomic mass is 32.1. The Bertz CT molecular complexity index is 331. The molecule has 0 aliphatic rings. The maximum absolute atomic E-state index is 4.18. The van der Waals surface area contributed by atoms with Gasteiger partial charge >= 0.3 is 0 Å². The lowest BCUT2D eigenvalue weighted by Gasteiger charge is -2.10. The van der Waals surface area contributed by atoms with Gasteiger partial charge in [0.2, 0.25) is 0 Å². The SMILES string of the molecule is CCCCNC(=NC)NCc1ccc(C)s1. The van der Waals surface area contributed by atoms with Crippen molar-refractivity contribution in [3.05, 3.63) is 21.9 Å². The third-order valence-electron chi connectivity index (χ3n) is 2.27. The molecule has 16 heavy (non-hydrogen) atoms. The Morgan fingerprint density at radius 3 is 2.75 bits per heavy atom. The highest BCUT2D eigenvalue weighted by Gasteiger charge is 1.99. The molecular formula is C12H21N3S. The molecule has 0 spiro atoms. The molecular weight excluding hydrogens is 218 g/mol. The van der Waals surface area contributed by atoms with Crippen molar-refractivity contribution >= 4 is 17.3 Å². The van der Waals surface area contributed by atoms with Gasteiger partial charge in [-0.1, -0.05) is 13.3 Å². The summed E-state index contributed by atoms with van der Waals surface area (Å²) in [5, 5.41) is 6.60. The van der Waals surface area contributed by atoms with Gasteiger partial charge in [-0.25, -0.2) is 0 Å². The molecule has 1 aromatic rings. The summed E-state index contributed by atoms with van der Waals surface area (Å²) in [7, 11) is 1.81. The van der Waals surface area contributed by atoms with Crippen LogP contribution in [0.25, 0.3) is 0 Å². The minimum atomic E-state index is 0.851. The third-order valence-corrected chi connectivity index (χ3v) is 3.27. The number of guanidine groups is 1. The lowest BCUT2D eigenvalue weighted by molar-refractivity contribution is 0.730. The number of hydrogen-bond donors (Lipinski definition) is 2. The van der Waals surface area contributed by atoms with Gasteiger partial charge in [-0.3, -0.25) is 4.99 Å². The molecule has 4 heteroatoms. The second-order valence-electron chi connectivity index (χ2n) is 3.72. The largest absolute Gasteiger partial charge is 0.356 e. The van der Waals surface area contributed by atoms with Gasteiger partial charge in [-0.05, 0) is 25.5 Å². The first-order chi connectivity index (χ1) is 7.76. The first-order valence-corrected chi connectivity index (χ1v) is 6.57. The van der Waals surface area contributed by atoms with Crippen LogP contribution in [-0.4, -0.2) is 19.6 Å². The monoisotopic (exact) mass is 239 g/mol. The van der Waals surface area contributed by atoms with Gasteiger partial charge in [0.25, 0.3) is 0 Å². The smallest absolute Gasteiger partial charge is 0.191 e. The maximum Gasteiger partial charge on any atom is 0.191 e. The van der Waals surface area contributed by atoms with Crippen molar-refractivity contribution in [3.63, 3.8) is 0 Å². The summed E-state index contributed by atoms with van der Waals surface area (Å²) in [6.45, 7) is 6.15. The molecule has 0 unspecified atom stereocenters.